The van der Waals surface area contributed by atoms with Gasteiger partial charge >= 0.3 is 5.69 Å². The van der Waals surface area contributed by atoms with E-state index in [4.69, 9.17) is 10.5 Å². The summed E-state index contributed by atoms with van der Waals surface area (Å²) in [7, 11) is 0. The summed E-state index contributed by atoms with van der Waals surface area (Å²) in [6, 6.07) is 18.6. The van der Waals surface area contributed by atoms with Gasteiger partial charge in [-0.15, -0.1) is 0 Å². The summed E-state index contributed by atoms with van der Waals surface area (Å²) in [5, 5.41) is 0. The van der Waals surface area contributed by atoms with E-state index in [-0.39, 0.29) is 17.5 Å². The fourth-order valence-corrected chi connectivity index (χ4v) is 4.25. The first-order valence-corrected chi connectivity index (χ1v) is 11.3. The van der Waals surface area contributed by atoms with Crippen LogP contribution in [0.2, 0.25) is 0 Å². The molecule has 2 N–H and O–H groups in total. The Kier molecular flexibility index (Phi) is 6.58. The van der Waals surface area contributed by atoms with E-state index in [9.17, 15) is 9.59 Å². The lowest BCUT2D eigenvalue weighted by molar-refractivity contribution is -0.120. The van der Waals surface area contributed by atoms with Gasteiger partial charge in [-0.1, -0.05) is 32.0 Å². The van der Waals surface area contributed by atoms with Crippen LogP contribution in [0.3, 0.4) is 0 Å². The second-order valence-electron chi connectivity index (χ2n) is 7.73. The zero-order valence-electron chi connectivity index (χ0n) is 18.9. The molecule has 0 amide bonds. The molecule has 2 aromatic carbocycles. The third-order valence-corrected chi connectivity index (χ3v) is 5.76. The summed E-state index contributed by atoms with van der Waals surface area (Å²) in [6.45, 7) is 4.00. The van der Waals surface area contributed by atoms with Gasteiger partial charge in [0, 0.05) is 25.1 Å². The third-order valence-electron chi connectivity index (χ3n) is 5.76. The average Bonchev–Trinajstić information content (AvgIpc) is 3.15. The minimum atomic E-state index is -0.175. The molecule has 5 rings (SSSR count). The number of ketones is 1. The van der Waals surface area contributed by atoms with Gasteiger partial charge < -0.3 is 10.5 Å². The maximum atomic E-state index is 13.5. The minimum Gasteiger partial charge on any atom is -0.457 e. The summed E-state index contributed by atoms with van der Waals surface area (Å²) in [6.07, 6.45) is 3.92. The molecule has 2 aromatic heterocycles. The molecule has 1 fully saturated rings. The molecule has 0 bridgehead atoms. The third kappa shape index (κ3) is 4.39. The fraction of sp³-hybridized carbons (Fsp3) is 0.269. The molecule has 0 spiro atoms. The van der Waals surface area contributed by atoms with Gasteiger partial charge in [0.15, 0.2) is 0 Å². The number of hydrogen-bond donors (Lipinski definition) is 1. The number of carbonyl (C=O) groups is 1. The number of nitrogens with zero attached hydrogens (tertiary/aromatic N) is 3. The van der Waals surface area contributed by atoms with Crippen LogP contribution in [0.4, 0.5) is 5.82 Å². The molecule has 0 radical (unpaired) electrons. The van der Waals surface area contributed by atoms with Crippen LogP contribution < -0.4 is 16.2 Å². The van der Waals surface area contributed by atoms with Gasteiger partial charge in [0.2, 0.25) is 0 Å². The lowest BCUT2D eigenvalue weighted by Gasteiger charge is -2.22. The number of fused-ring (bicyclic) bond motifs is 1. The number of carbonyl (C=O) groups excluding carboxylic acids is 1. The molecule has 0 aliphatic heterocycles. The topological polar surface area (TPSA) is 92.1 Å². The van der Waals surface area contributed by atoms with Crippen molar-refractivity contribution in [2.45, 2.75) is 45.6 Å². The van der Waals surface area contributed by atoms with Crippen molar-refractivity contribution in [3.8, 4) is 17.2 Å². The van der Waals surface area contributed by atoms with Crippen molar-refractivity contribution >= 4 is 22.6 Å². The zero-order chi connectivity index (χ0) is 23.4. The van der Waals surface area contributed by atoms with Crippen molar-refractivity contribution < 1.29 is 9.53 Å². The van der Waals surface area contributed by atoms with Crippen molar-refractivity contribution in [3.63, 3.8) is 0 Å². The normalized spacial score (nSPS) is 14.1. The molecule has 33 heavy (non-hydrogen) atoms. The van der Waals surface area contributed by atoms with Crippen LogP contribution in [0.1, 0.15) is 45.6 Å². The molecule has 1 aliphatic rings. The van der Waals surface area contributed by atoms with Crippen LogP contribution in [-0.4, -0.2) is 19.9 Å². The van der Waals surface area contributed by atoms with E-state index in [1.54, 1.807) is 15.3 Å². The summed E-state index contributed by atoms with van der Waals surface area (Å²) in [5.74, 6) is 1.96. The Morgan fingerprint density at radius 2 is 1.55 bits per heavy atom. The Morgan fingerprint density at radius 1 is 0.909 bits per heavy atom. The smallest absolute Gasteiger partial charge is 0.334 e. The number of hydrogen-bond acceptors (Lipinski definition) is 5. The number of Topliss-reactive ketones (excluding diaryl/α,β-unsaturated/α-hetero) is 1. The number of anilines is 1. The largest absolute Gasteiger partial charge is 0.457 e. The Labute approximate surface area is 192 Å². The Balaban J connectivity index is 0.00000126. The summed E-state index contributed by atoms with van der Waals surface area (Å²) >= 11 is 0. The van der Waals surface area contributed by atoms with Crippen molar-refractivity contribution in [2.75, 3.05) is 5.73 Å². The molecule has 170 valence electrons. The Bertz CT molecular complexity index is 1300. The highest BCUT2D eigenvalue weighted by molar-refractivity contribution is 5.87. The van der Waals surface area contributed by atoms with E-state index in [1.807, 2.05) is 74.5 Å². The first kappa shape index (κ1) is 22.3. The van der Waals surface area contributed by atoms with E-state index in [2.05, 4.69) is 4.98 Å². The van der Waals surface area contributed by atoms with Crippen LogP contribution in [0.25, 0.3) is 16.7 Å². The molecule has 4 aromatic rings. The standard InChI is InChI=1S/C24H22N4O3.C2H6/c25-23-22-21(14-15-26-23)27(16-6-10-18(29)11-7-16)24(30)28(22)17-8-12-20(13-9-17)31-19-4-2-1-3-5-19;1-2/h1-5,8-9,12-16H,6-7,10-11H2,(H2,25,26);1-2H3. The minimum absolute atomic E-state index is 0.0311. The number of imidazole rings is 1. The molecule has 0 unspecified atom stereocenters. The zero-order valence-corrected chi connectivity index (χ0v) is 18.9. The molecule has 2 heterocycles. The summed E-state index contributed by atoms with van der Waals surface area (Å²) in [4.78, 5) is 29.4. The van der Waals surface area contributed by atoms with Gasteiger partial charge in [-0.25, -0.2) is 9.78 Å². The lowest BCUT2D eigenvalue weighted by Crippen LogP contribution is -2.29. The number of ether oxygens (including phenoxy) is 1. The average molecular weight is 445 g/mol. The van der Waals surface area contributed by atoms with E-state index >= 15 is 0 Å². The molecule has 7 nitrogen and oxygen atoms in total. The van der Waals surface area contributed by atoms with Crippen LogP contribution in [0, 0.1) is 0 Å². The number of nitrogens with two attached hydrogens (primary N) is 1. The number of nitrogen functional groups attached to an aromatic ring is 1. The van der Waals surface area contributed by atoms with Gasteiger partial charge in [-0.05, 0) is 55.3 Å². The van der Waals surface area contributed by atoms with Crippen molar-refractivity contribution in [2.24, 2.45) is 0 Å². The van der Waals surface area contributed by atoms with Crippen molar-refractivity contribution in [3.05, 3.63) is 77.3 Å². The van der Waals surface area contributed by atoms with Crippen molar-refractivity contribution in [1.82, 2.24) is 14.1 Å². The van der Waals surface area contributed by atoms with Crippen LogP contribution in [0.15, 0.2) is 71.7 Å². The molecule has 1 aliphatic carbocycles. The monoisotopic (exact) mass is 444 g/mol. The first-order valence-electron chi connectivity index (χ1n) is 11.3. The molecule has 0 saturated heterocycles. The van der Waals surface area contributed by atoms with E-state index < -0.39 is 0 Å². The fourth-order valence-electron chi connectivity index (χ4n) is 4.25. The highest BCUT2D eigenvalue weighted by Gasteiger charge is 2.26. The first-order chi connectivity index (χ1) is 16.1. The number of pyridine rings is 1. The summed E-state index contributed by atoms with van der Waals surface area (Å²) < 4.78 is 9.23. The van der Waals surface area contributed by atoms with Gasteiger partial charge in [-0.2, -0.15) is 0 Å². The number of benzene rings is 2. The highest BCUT2D eigenvalue weighted by atomic mass is 16.5. The Morgan fingerprint density at radius 3 is 2.21 bits per heavy atom. The maximum Gasteiger partial charge on any atom is 0.334 e. The maximum absolute atomic E-state index is 13.5. The number of rotatable bonds is 4. The highest BCUT2D eigenvalue weighted by Crippen LogP contribution is 2.31. The second kappa shape index (κ2) is 9.73. The van der Waals surface area contributed by atoms with Gasteiger partial charge in [0.25, 0.3) is 0 Å². The quantitative estimate of drug-likeness (QED) is 0.463. The molecule has 7 heteroatoms. The number of aromatic nitrogens is 3. The van der Waals surface area contributed by atoms with Crippen LogP contribution in [0.5, 0.6) is 11.5 Å². The number of para-hydroxylation sites is 1. The van der Waals surface area contributed by atoms with Crippen LogP contribution in [-0.2, 0) is 4.79 Å². The SMILES string of the molecule is CC.Nc1nccc2c1n(-c1ccc(Oc3ccccc3)cc1)c(=O)n2C1CCC(=O)CC1. The predicted octanol–water partition coefficient (Wildman–Crippen LogP) is 5.27. The molecular weight excluding hydrogens is 416 g/mol. The lowest BCUT2D eigenvalue weighted by atomic mass is 9.94. The van der Waals surface area contributed by atoms with Crippen LogP contribution >= 0.6 is 0 Å². The van der Waals surface area contributed by atoms with E-state index in [0.717, 1.165) is 11.3 Å². The molecule has 1 saturated carbocycles. The van der Waals surface area contributed by atoms with E-state index in [1.165, 1.54) is 0 Å². The van der Waals surface area contributed by atoms with Crippen molar-refractivity contribution in [1.29, 1.82) is 0 Å². The molecule has 0 atom stereocenters. The summed E-state index contributed by atoms with van der Waals surface area (Å²) in [5.41, 5.74) is 8.03. The van der Waals surface area contributed by atoms with E-state index in [0.29, 0.717) is 48.5 Å². The molecular formula is C26H28N4O3. The van der Waals surface area contributed by atoms with Gasteiger partial charge in [0.05, 0.1) is 11.2 Å². The van der Waals surface area contributed by atoms with Gasteiger partial charge in [0.1, 0.15) is 28.6 Å². The predicted molar refractivity (Wildman–Crippen MR) is 130 cm³/mol. The Hall–Kier alpha value is -3.87. The second-order valence-corrected chi connectivity index (χ2v) is 7.73. The van der Waals surface area contributed by atoms with Gasteiger partial charge in [-0.3, -0.25) is 13.9 Å².